The molecule has 0 aliphatic heterocycles. The Kier molecular flexibility index (Phi) is 5.09. The number of halogens is 3. The van der Waals surface area contributed by atoms with Crippen LogP contribution < -0.4 is 10.5 Å². The Bertz CT molecular complexity index is 604. The van der Waals surface area contributed by atoms with Gasteiger partial charge in [0, 0.05) is 5.56 Å². The van der Waals surface area contributed by atoms with Gasteiger partial charge in [-0.1, -0.05) is 18.2 Å². The fourth-order valence-electron chi connectivity index (χ4n) is 1.80. The molecule has 2 aromatic rings. The van der Waals surface area contributed by atoms with E-state index in [9.17, 15) is 8.78 Å². The van der Waals surface area contributed by atoms with Gasteiger partial charge in [0.2, 0.25) is 0 Å². The van der Waals surface area contributed by atoms with Crippen molar-refractivity contribution in [2.45, 2.75) is 13.0 Å². The molecule has 0 spiro atoms. The van der Waals surface area contributed by atoms with Gasteiger partial charge in [-0.15, -0.1) is 0 Å². The largest absolute Gasteiger partial charge is 0.488 e. The Labute approximate surface area is 124 Å². The summed E-state index contributed by atoms with van der Waals surface area (Å²) in [4.78, 5) is 0. The zero-order chi connectivity index (χ0) is 14.5. The molecule has 0 atom stereocenters. The summed E-state index contributed by atoms with van der Waals surface area (Å²) in [5.74, 6) is -1.17. The number of hydrogen-bond acceptors (Lipinski definition) is 2. The lowest BCUT2D eigenvalue weighted by atomic mass is 10.1. The fourth-order valence-corrected chi connectivity index (χ4v) is 2.34. The highest BCUT2D eigenvalue weighted by atomic mass is 79.9. The molecule has 2 aromatic carbocycles. The van der Waals surface area contributed by atoms with Crippen LogP contribution >= 0.6 is 15.9 Å². The first kappa shape index (κ1) is 14.9. The molecule has 0 aliphatic rings. The molecule has 2 N–H and O–H groups in total. The third kappa shape index (κ3) is 3.55. The monoisotopic (exact) mass is 341 g/mol. The van der Waals surface area contributed by atoms with Gasteiger partial charge >= 0.3 is 0 Å². The maximum absolute atomic E-state index is 13.5. The highest BCUT2D eigenvalue weighted by molar-refractivity contribution is 9.10. The zero-order valence-corrected chi connectivity index (χ0v) is 12.3. The van der Waals surface area contributed by atoms with E-state index < -0.39 is 11.6 Å². The van der Waals surface area contributed by atoms with Crippen LogP contribution in [0, 0.1) is 11.6 Å². The van der Waals surface area contributed by atoms with Gasteiger partial charge in [0.25, 0.3) is 0 Å². The van der Waals surface area contributed by atoms with Crippen LogP contribution in [0.15, 0.2) is 40.9 Å². The Hall–Kier alpha value is -1.46. The summed E-state index contributed by atoms with van der Waals surface area (Å²) in [6.07, 6.45) is 0.775. The van der Waals surface area contributed by atoms with Crippen LogP contribution in [0.25, 0.3) is 0 Å². The summed E-state index contributed by atoms with van der Waals surface area (Å²) >= 11 is 3.39. The third-order valence-electron chi connectivity index (χ3n) is 2.84. The average Bonchev–Trinajstić information content (AvgIpc) is 2.42. The molecule has 0 unspecified atom stereocenters. The van der Waals surface area contributed by atoms with Crippen LogP contribution in [0.3, 0.4) is 0 Å². The second-order valence-electron chi connectivity index (χ2n) is 4.31. The summed E-state index contributed by atoms with van der Waals surface area (Å²) in [6.45, 7) is 0.541. The molecule has 0 saturated carbocycles. The molecule has 0 aliphatic carbocycles. The molecule has 0 amide bonds. The van der Waals surface area contributed by atoms with Crippen LogP contribution in [0.1, 0.15) is 11.1 Å². The van der Waals surface area contributed by atoms with Crippen molar-refractivity contribution in [2.75, 3.05) is 6.54 Å². The predicted molar refractivity (Wildman–Crippen MR) is 77.6 cm³/mol. The molecular formula is C15H14BrF2NO. The van der Waals surface area contributed by atoms with E-state index in [-0.39, 0.29) is 12.2 Å². The summed E-state index contributed by atoms with van der Waals surface area (Å²) in [6, 6.07) is 9.62. The Morgan fingerprint density at radius 2 is 1.95 bits per heavy atom. The first-order valence-electron chi connectivity index (χ1n) is 6.16. The smallest absolute Gasteiger partial charge is 0.165 e. The van der Waals surface area contributed by atoms with Gasteiger partial charge < -0.3 is 10.5 Å². The van der Waals surface area contributed by atoms with Crippen molar-refractivity contribution < 1.29 is 13.5 Å². The first-order chi connectivity index (χ1) is 9.61. The molecule has 0 saturated heterocycles. The number of ether oxygens (including phenoxy) is 1. The van der Waals surface area contributed by atoms with E-state index in [1.165, 1.54) is 12.1 Å². The highest BCUT2D eigenvalue weighted by Crippen LogP contribution is 2.27. The molecule has 0 aromatic heterocycles. The van der Waals surface area contributed by atoms with E-state index in [1.807, 2.05) is 12.1 Å². The summed E-state index contributed by atoms with van der Waals surface area (Å²) in [5, 5.41) is 0. The van der Waals surface area contributed by atoms with Crippen molar-refractivity contribution in [3.8, 4) is 5.75 Å². The van der Waals surface area contributed by atoms with E-state index in [0.29, 0.717) is 12.3 Å². The number of nitrogens with two attached hydrogens (primary N) is 1. The Morgan fingerprint density at radius 3 is 2.65 bits per heavy atom. The van der Waals surface area contributed by atoms with Crippen LogP contribution in [0.5, 0.6) is 5.75 Å². The number of rotatable bonds is 5. The van der Waals surface area contributed by atoms with Crippen LogP contribution in [-0.4, -0.2) is 6.54 Å². The molecule has 0 heterocycles. The second-order valence-corrected chi connectivity index (χ2v) is 5.16. The van der Waals surface area contributed by atoms with E-state index in [0.717, 1.165) is 22.5 Å². The number of benzene rings is 2. The molecule has 0 bridgehead atoms. The molecule has 2 rings (SSSR count). The third-order valence-corrected chi connectivity index (χ3v) is 3.46. The maximum Gasteiger partial charge on any atom is 0.165 e. The quantitative estimate of drug-likeness (QED) is 0.897. The van der Waals surface area contributed by atoms with Gasteiger partial charge in [-0.2, -0.15) is 0 Å². The van der Waals surface area contributed by atoms with E-state index in [2.05, 4.69) is 15.9 Å². The standard InChI is InChI=1S/C15H14BrF2NO/c16-12-8-10(6-7-19)4-5-14(12)20-9-11-2-1-3-13(17)15(11)18/h1-5,8H,6-7,9,19H2. The minimum Gasteiger partial charge on any atom is -0.488 e. The van der Waals surface area contributed by atoms with Crippen LogP contribution in [0.4, 0.5) is 8.78 Å². The van der Waals surface area contributed by atoms with Gasteiger partial charge in [0.15, 0.2) is 11.6 Å². The lowest BCUT2D eigenvalue weighted by molar-refractivity contribution is 0.295. The average molecular weight is 342 g/mol. The van der Waals surface area contributed by atoms with Crippen molar-refractivity contribution in [1.82, 2.24) is 0 Å². The van der Waals surface area contributed by atoms with E-state index >= 15 is 0 Å². The maximum atomic E-state index is 13.5. The highest BCUT2D eigenvalue weighted by Gasteiger charge is 2.09. The lowest BCUT2D eigenvalue weighted by Gasteiger charge is -2.10. The van der Waals surface area contributed by atoms with Gasteiger partial charge in [0.1, 0.15) is 12.4 Å². The molecule has 2 nitrogen and oxygen atoms in total. The van der Waals surface area contributed by atoms with Gasteiger partial charge in [-0.3, -0.25) is 0 Å². The molecule has 106 valence electrons. The summed E-state index contributed by atoms with van der Waals surface area (Å²) in [5.41, 5.74) is 6.76. The second kappa shape index (κ2) is 6.81. The van der Waals surface area contributed by atoms with Crippen LogP contribution in [-0.2, 0) is 13.0 Å². The Balaban J connectivity index is 2.09. The fraction of sp³-hybridized carbons (Fsp3) is 0.200. The molecule has 0 fully saturated rings. The van der Waals surface area contributed by atoms with Gasteiger partial charge in [-0.25, -0.2) is 8.78 Å². The SMILES string of the molecule is NCCc1ccc(OCc2cccc(F)c2F)c(Br)c1. The molecule has 5 heteroatoms. The summed E-state index contributed by atoms with van der Waals surface area (Å²) in [7, 11) is 0. The van der Waals surface area contributed by atoms with Crippen molar-refractivity contribution in [1.29, 1.82) is 0 Å². The number of hydrogen-bond donors (Lipinski definition) is 1. The molecule has 0 radical (unpaired) electrons. The Morgan fingerprint density at radius 1 is 1.15 bits per heavy atom. The predicted octanol–water partition coefficient (Wildman–Crippen LogP) is 3.81. The van der Waals surface area contributed by atoms with Crippen molar-refractivity contribution in [3.63, 3.8) is 0 Å². The van der Waals surface area contributed by atoms with Crippen molar-refractivity contribution in [3.05, 3.63) is 63.6 Å². The summed E-state index contributed by atoms with van der Waals surface area (Å²) < 4.78 is 32.8. The van der Waals surface area contributed by atoms with Gasteiger partial charge in [-0.05, 0) is 52.7 Å². The van der Waals surface area contributed by atoms with Crippen molar-refractivity contribution >= 4 is 15.9 Å². The van der Waals surface area contributed by atoms with Gasteiger partial charge in [0.05, 0.1) is 4.47 Å². The van der Waals surface area contributed by atoms with E-state index in [4.69, 9.17) is 10.5 Å². The minimum atomic E-state index is -0.872. The minimum absolute atomic E-state index is 0.0293. The van der Waals surface area contributed by atoms with E-state index in [1.54, 1.807) is 6.07 Å². The normalized spacial score (nSPS) is 10.6. The van der Waals surface area contributed by atoms with Crippen LogP contribution in [0.2, 0.25) is 0 Å². The molecular weight excluding hydrogens is 328 g/mol. The lowest BCUT2D eigenvalue weighted by Crippen LogP contribution is -2.03. The first-order valence-corrected chi connectivity index (χ1v) is 6.95. The van der Waals surface area contributed by atoms with Crippen molar-refractivity contribution in [2.24, 2.45) is 5.73 Å². The zero-order valence-electron chi connectivity index (χ0n) is 10.7. The topological polar surface area (TPSA) is 35.2 Å². The molecule has 20 heavy (non-hydrogen) atoms.